The highest BCUT2D eigenvalue weighted by Crippen LogP contribution is 2.33. The maximum Gasteiger partial charge on any atom is 0.303 e. The van der Waals surface area contributed by atoms with Gasteiger partial charge in [-0.05, 0) is 37.5 Å². The van der Waals surface area contributed by atoms with Crippen molar-refractivity contribution in [1.29, 1.82) is 0 Å². The lowest BCUT2D eigenvalue weighted by molar-refractivity contribution is -0.137. The molecule has 2 aliphatic rings. The summed E-state index contributed by atoms with van der Waals surface area (Å²) in [4.78, 5) is 24.4. The number of carbonyl (C=O) groups is 2. The lowest BCUT2D eigenvalue weighted by atomic mass is 10.0. The molecule has 18 heavy (non-hydrogen) atoms. The summed E-state index contributed by atoms with van der Waals surface area (Å²) in [5.74, 6) is 0.296. The Morgan fingerprint density at radius 3 is 2.67 bits per heavy atom. The highest BCUT2D eigenvalue weighted by atomic mass is 16.4. The number of nitrogens with two attached hydrogens (primary N) is 1. The van der Waals surface area contributed by atoms with Gasteiger partial charge in [-0.1, -0.05) is 0 Å². The second kappa shape index (κ2) is 5.69. The normalized spacial score (nSPS) is 25.2. The van der Waals surface area contributed by atoms with Gasteiger partial charge in [-0.25, -0.2) is 0 Å². The van der Waals surface area contributed by atoms with Crippen LogP contribution in [0.4, 0.5) is 0 Å². The predicted molar refractivity (Wildman–Crippen MR) is 66.9 cm³/mol. The van der Waals surface area contributed by atoms with Crippen LogP contribution in [0.2, 0.25) is 0 Å². The molecule has 2 rings (SSSR count). The number of amides is 1. The highest BCUT2D eigenvalue weighted by Gasteiger charge is 2.33. The molecule has 3 N–H and O–H groups in total. The summed E-state index contributed by atoms with van der Waals surface area (Å²) in [6, 6.07) is 0.0237. The monoisotopic (exact) mass is 254 g/mol. The first kappa shape index (κ1) is 13.3. The largest absolute Gasteiger partial charge is 0.481 e. The molecule has 102 valence electrons. The molecule has 0 aromatic heterocycles. The Morgan fingerprint density at radius 1 is 1.33 bits per heavy atom. The van der Waals surface area contributed by atoms with Gasteiger partial charge in [-0.15, -0.1) is 0 Å². The van der Waals surface area contributed by atoms with Crippen LogP contribution in [0, 0.1) is 11.8 Å². The Balaban J connectivity index is 1.70. The van der Waals surface area contributed by atoms with Crippen molar-refractivity contribution >= 4 is 11.9 Å². The van der Waals surface area contributed by atoms with Gasteiger partial charge in [-0.2, -0.15) is 0 Å². The summed E-state index contributed by atoms with van der Waals surface area (Å²) in [7, 11) is 0. The van der Waals surface area contributed by atoms with E-state index in [4.69, 9.17) is 10.8 Å². The van der Waals surface area contributed by atoms with Crippen LogP contribution in [0.5, 0.6) is 0 Å². The topological polar surface area (TPSA) is 83.6 Å². The Morgan fingerprint density at radius 2 is 2.06 bits per heavy atom. The number of likely N-dealkylation sites (tertiary alicyclic amines) is 1. The van der Waals surface area contributed by atoms with Gasteiger partial charge >= 0.3 is 5.97 Å². The number of hydrogen-bond donors (Lipinski definition) is 2. The van der Waals surface area contributed by atoms with Gasteiger partial charge in [0.05, 0.1) is 0 Å². The zero-order valence-electron chi connectivity index (χ0n) is 10.7. The number of carboxylic acid groups (broad SMARTS) is 1. The zero-order valence-corrected chi connectivity index (χ0v) is 10.7. The van der Waals surface area contributed by atoms with Gasteiger partial charge in [0.1, 0.15) is 0 Å². The zero-order chi connectivity index (χ0) is 13.1. The molecule has 1 aliphatic heterocycles. The van der Waals surface area contributed by atoms with E-state index in [0.29, 0.717) is 31.2 Å². The highest BCUT2D eigenvalue weighted by molar-refractivity contribution is 5.77. The van der Waals surface area contributed by atoms with Crippen molar-refractivity contribution in [3.05, 3.63) is 0 Å². The van der Waals surface area contributed by atoms with Crippen molar-refractivity contribution < 1.29 is 14.7 Å². The van der Waals surface area contributed by atoms with E-state index < -0.39 is 5.97 Å². The summed E-state index contributed by atoms with van der Waals surface area (Å²) >= 11 is 0. The SMILES string of the molecule is NC(CC(=O)N1CCC(CCC(=O)O)C1)C1CC1. The van der Waals surface area contributed by atoms with Crippen LogP contribution < -0.4 is 5.73 Å². The maximum absolute atomic E-state index is 12.0. The number of carbonyl (C=O) groups excluding carboxylic acids is 1. The summed E-state index contributed by atoms with van der Waals surface area (Å²) in [5.41, 5.74) is 5.96. The first-order valence-electron chi connectivity index (χ1n) is 6.81. The fourth-order valence-electron chi connectivity index (χ4n) is 2.64. The molecule has 1 heterocycles. The van der Waals surface area contributed by atoms with Crippen molar-refractivity contribution in [3.63, 3.8) is 0 Å². The molecular weight excluding hydrogens is 232 g/mol. The molecule has 5 heteroatoms. The predicted octanol–water partition coefficient (Wildman–Crippen LogP) is 0.827. The number of carboxylic acids is 1. The van der Waals surface area contributed by atoms with Gasteiger partial charge in [0.2, 0.25) is 5.91 Å². The molecule has 0 aromatic rings. The molecule has 1 saturated carbocycles. The summed E-state index contributed by atoms with van der Waals surface area (Å²) in [6.45, 7) is 1.48. The molecule has 1 saturated heterocycles. The van der Waals surface area contributed by atoms with Crippen molar-refractivity contribution in [3.8, 4) is 0 Å². The minimum Gasteiger partial charge on any atom is -0.481 e. The van der Waals surface area contributed by atoms with Gasteiger partial charge < -0.3 is 15.7 Å². The van der Waals surface area contributed by atoms with E-state index in [1.165, 1.54) is 0 Å². The van der Waals surface area contributed by atoms with Crippen LogP contribution >= 0.6 is 0 Å². The van der Waals surface area contributed by atoms with Crippen LogP contribution in [0.15, 0.2) is 0 Å². The van der Waals surface area contributed by atoms with Gasteiger partial charge in [0.15, 0.2) is 0 Å². The second-order valence-corrected chi connectivity index (χ2v) is 5.63. The summed E-state index contributed by atoms with van der Waals surface area (Å²) < 4.78 is 0. The minimum atomic E-state index is -0.754. The average molecular weight is 254 g/mol. The number of nitrogens with zero attached hydrogens (tertiary/aromatic N) is 1. The Labute approximate surface area is 107 Å². The molecular formula is C13H22N2O3. The lowest BCUT2D eigenvalue weighted by Crippen LogP contribution is -2.35. The third-order valence-corrected chi connectivity index (χ3v) is 4.04. The van der Waals surface area contributed by atoms with E-state index in [1.807, 2.05) is 4.90 Å². The second-order valence-electron chi connectivity index (χ2n) is 5.63. The number of aliphatic carboxylic acids is 1. The first-order chi connectivity index (χ1) is 8.56. The summed E-state index contributed by atoms with van der Waals surface area (Å²) in [6.07, 6.45) is 4.58. The van der Waals surface area contributed by atoms with Gasteiger partial charge in [0.25, 0.3) is 0 Å². The smallest absolute Gasteiger partial charge is 0.303 e. The van der Waals surface area contributed by atoms with E-state index in [2.05, 4.69) is 0 Å². The molecule has 2 unspecified atom stereocenters. The van der Waals surface area contributed by atoms with Gasteiger partial charge in [-0.3, -0.25) is 9.59 Å². The Hall–Kier alpha value is -1.10. The quantitative estimate of drug-likeness (QED) is 0.735. The van der Waals surface area contributed by atoms with Crippen molar-refractivity contribution in [2.75, 3.05) is 13.1 Å². The van der Waals surface area contributed by atoms with Crippen LogP contribution in [0.25, 0.3) is 0 Å². The Bertz CT molecular complexity index is 328. The number of rotatable bonds is 6. The van der Waals surface area contributed by atoms with Crippen LogP contribution in [0.3, 0.4) is 0 Å². The molecule has 0 radical (unpaired) electrons. The molecule has 0 aromatic carbocycles. The molecule has 2 atom stereocenters. The van der Waals surface area contributed by atoms with E-state index in [9.17, 15) is 9.59 Å². The van der Waals surface area contributed by atoms with E-state index >= 15 is 0 Å². The lowest BCUT2D eigenvalue weighted by Gasteiger charge is -2.19. The molecule has 2 fully saturated rings. The Kier molecular flexibility index (Phi) is 4.22. The van der Waals surface area contributed by atoms with Crippen LogP contribution in [-0.4, -0.2) is 41.0 Å². The van der Waals surface area contributed by atoms with Crippen molar-refractivity contribution in [1.82, 2.24) is 4.90 Å². The van der Waals surface area contributed by atoms with E-state index in [0.717, 1.165) is 25.8 Å². The van der Waals surface area contributed by atoms with Crippen LogP contribution in [-0.2, 0) is 9.59 Å². The van der Waals surface area contributed by atoms with E-state index in [1.54, 1.807) is 0 Å². The van der Waals surface area contributed by atoms with E-state index in [-0.39, 0.29) is 18.4 Å². The maximum atomic E-state index is 12.0. The average Bonchev–Trinajstić information content (AvgIpc) is 3.05. The minimum absolute atomic E-state index is 0.0237. The third-order valence-electron chi connectivity index (χ3n) is 4.04. The standard InChI is InChI=1S/C13H22N2O3/c14-11(10-2-3-10)7-12(16)15-6-5-9(8-15)1-4-13(17)18/h9-11H,1-8,14H2,(H,17,18). The first-order valence-corrected chi connectivity index (χ1v) is 6.81. The van der Waals surface area contributed by atoms with Crippen molar-refractivity contribution in [2.24, 2.45) is 17.6 Å². The van der Waals surface area contributed by atoms with Crippen molar-refractivity contribution in [2.45, 2.75) is 44.6 Å². The van der Waals surface area contributed by atoms with Gasteiger partial charge in [0, 0.05) is 32.0 Å². The fourth-order valence-corrected chi connectivity index (χ4v) is 2.64. The molecule has 0 spiro atoms. The molecule has 0 bridgehead atoms. The summed E-state index contributed by atoms with van der Waals surface area (Å²) in [5, 5.41) is 8.64. The molecule has 5 nitrogen and oxygen atoms in total. The fraction of sp³-hybridized carbons (Fsp3) is 0.846. The third kappa shape index (κ3) is 3.70. The van der Waals surface area contributed by atoms with Crippen LogP contribution in [0.1, 0.15) is 38.5 Å². The molecule has 1 amide bonds. The number of hydrogen-bond acceptors (Lipinski definition) is 3. The molecule has 1 aliphatic carbocycles.